The molecule has 0 amide bonds. The second kappa shape index (κ2) is 5.83. The van der Waals surface area contributed by atoms with Crippen LogP contribution in [0.5, 0.6) is 0 Å². The number of halogens is 3. The molecule has 1 fully saturated rings. The number of likely N-dealkylation sites (tertiary alicyclic amines) is 1. The van der Waals surface area contributed by atoms with Crippen molar-refractivity contribution in [2.75, 3.05) is 13.1 Å². The van der Waals surface area contributed by atoms with E-state index in [9.17, 15) is 18.0 Å². The molecule has 1 aliphatic heterocycles. The fourth-order valence-corrected chi connectivity index (χ4v) is 2.61. The van der Waals surface area contributed by atoms with Crippen molar-refractivity contribution in [2.24, 2.45) is 5.92 Å². The van der Waals surface area contributed by atoms with Crippen LogP contribution >= 0.6 is 0 Å². The lowest BCUT2D eigenvalue weighted by atomic mass is 10.1. The Labute approximate surface area is 115 Å². The number of hydrogen-bond acceptors (Lipinski definition) is 2. The summed E-state index contributed by atoms with van der Waals surface area (Å²) in [5.74, 6) is -1.35. The summed E-state index contributed by atoms with van der Waals surface area (Å²) >= 11 is 0. The second-order valence-electron chi connectivity index (χ2n) is 5.21. The molecule has 3 nitrogen and oxygen atoms in total. The molecule has 1 unspecified atom stereocenters. The molecule has 110 valence electrons. The van der Waals surface area contributed by atoms with E-state index in [2.05, 4.69) is 0 Å². The third kappa shape index (κ3) is 4.23. The zero-order valence-electron chi connectivity index (χ0n) is 10.9. The number of nitrogens with zero attached hydrogens (tertiary/aromatic N) is 1. The lowest BCUT2D eigenvalue weighted by molar-refractivity contribution is -0.143. The summed E-state index contributed by atoms with van der Waals surface area (Å²) in [7, 11) is 0. The molecule has 6 heteroatoms. The average molecular weight is 287 g/mol. The van der Waals surface area contributed by atoms with Crippen LogP contribution in [0, 0.1) is 5.92 Å². The normalized spacial score (nSPS) is 20.2. The summed E-state index contributed by atoms with van der Waals surface area (Å²) in [6.45, 7) is 1.53. The van der Waals surface area contributed by atoms with Crippen LogP contribution in [0.15, 0.2) is 24.3 Å². The molecular weight excluding hydrogens is 271 g/mol. The zero-order chi connectivity index (χ0) is 14.8. The van der Waals surface area contributed by atoms with Crippen molar-refractivity contribution in [3.8, 4) is 0 Å². The van der Waals surface area contributed by atoms with E-state index in [1.165, 1.54) is 6.07 Å². The lowest BCUT2D eigenvalue weighted by Crippen LogP contribution is -2.22. The number of carboxylic acids is 1. The molecule has 0 aliphatic carbocycles. The molecule has 1 aliphatic rings. The minimum absolute atomic E-state index is 0.202. The number of hydrogen-bond donors (Lipinski definition) is 1. The van der Waals surface area contributed by atoms with Gasteiger partial charge in [-0.15, -0.1) is 0 Å². The van der Waals surface area contributed by atoms with Gasteiger partial charge in [0.05, 0.1) is 5.56 Å². The smallest absolute Gasteiger partial charge is 0.389 e. The minimum atomic E-state index is -4.11. The van der Waals surface area contributed by atoms with Crippen molar-refractivity contribution < 1.29 is 23.1 Å². The number of alkyl halides is 3. The second-order valence-corrected chi connectivity index (χ2v) is 5.21. The Kier molecular flexibility index (Phi) is 4.32. The van der Waals surface area contributed by atoms with Crippen LogP contribution in [-0.2, 0) is 6.54 Å². The first-order valence-electron chi connectivity index (χ1n) is 6.45. The van der Waals surface area contributed by atoms with Crippen molar-refractivity contribution in [3.63, 3.8) is 0 Å². The molecule has 1 saturated heterocycles. The van der Waals surface area contributed by atoms with Gasteiger partial charge in [0.2, 0.25) is 0 Å². The highest BCUT2D eigenvalue weighted by atomic mass is 19.4. The van der Waals surface area contributed by atoms with E-state index >= 15 is 0 Å². The van der Waals surface area contributed by atoms with Crippen LogP contribution in [0.1, 0.15) is 28.8 Å². The van der Waals surface area contributed by atoms with Gasteiger partial charge in [-0.2, -0.15) is 13.2 Å². The first kappa shape index (κ1) is 14.8. The Hall–Kier alpha value is -1.56. The molecule has 1 aromatic rings. The molecule has 0 aromatic heterocycles. The maximum atomic E-state index is 12.3. The fraction of sp³-hybridized carbons (Fsp3) is 0.500. The van der Waals surface area contributed by atoms with Gasteiger partial charge in [0, 0.05) is 19.5 Å². The quantitative estimate of drug-likeness (QED) is 0.924. The largest absolute Gasteiger partial charge is 0.478 e. The van der Waals surface area contributed by atoms with Gasteiger partial charge in [0.15, 0.2) is 0 Å². The van der Waals surface area contributed by atoms with Gasteiger partial charge in [-0.3, -0.25) is 4.90 Å². The van der Waals surface area contributed by atoms with E-state index in [1.54, 1.807) is 18.2 Å². The van der Waals surface area contributed by atoms with E-state index in [0.29, 0.717) is 26.1 Å². The Bertz CT molecular complexity index is 488. The van der Waals surface area contributed by atoms with E-state index < -0.39 is 18.6 Å². The van der Waals surface area contributed by atoms with Gasteiger partial charge < -0.3 is 5.11 Å². The predicted octanol–water partition coefficient (Wildman–Crippen LogP) is 3.16. The summed E-state index contributed by atoms with van der Waals surface area (Å²) in [4.78, 5) is 12.8. The highest BCUT2D eigenvalue weighted by Gasteiger charge is 2.35. The number of aromatic carboxylic acids is 1. The monoisotopic (exact) mass is 287 g/mol. The Morgan fingerprint density at radius 3 is 2.80 bits per heavy atom. The zero-order valence-corrected chi connectivity index (χ0v) is 10.9. The molecule has 1 atom stereocenters. The summed E-state index contributed by atoms with van der Waals surface area (Å²) in [6, 6.07) is 6.52. The van der Waals surface area contributed by atoms with Crippen molar-refractivity contribution >= 4 is 5.97 Å². The Morgan fingerprint density at radius 1 is 1.40 bits per heavy atom. The predicted molar refractivity (Wildman–Crippen MR) is 67.5 cm³/mol. The van der Waals surface area contributed by atoms with Crippen molar-refractivity contribution in [3.05, 3.63) is 35.4 Å². The van der Waals surface area contributed by atoms with Crippen LogP contribution in [0.25, 0.3) is 0 Å². The standard InChI is InChI=1S/C14H16F3NO2/c15-14(16,17)7-11-4-5-18(9-11)8-10-2-1-3-12(6-10)13(19)20/h1-3,6,11H,4-5,7-9H2,(H,19,20). The Balaban J connectivity index is 1.92. The molecule has 0 spiro atoms. The van der Waals surface area contributed by atoms with Crippen LogP contribution in [0.4, 0.5) is 13.2 Å². The SMILES string of the molecule is O=C(O)c1cccc(CN2CCC(CC(F)(F)F)C2)c1. The number of rotatable bonds is 4. The van der Waals surface area contributed by atoms with E-state index in [0.717, 1.165) is 5.56 Å². The number of benzene rings is 1. The van der Waals surface area contributed by atoms with E-state index in [4.69, 9.17) is 5.11 Å². The van der Waals surface area contributed by atoms with Crippen molar-refractivity contribution in [1.82, 2.24) is 4.90 Å². The third-order valence-electron chi connectivity index (χ3n) is 3.47. The summed E-state index contributed by atoms with van der Waals surface area (Å²) < 4.78 is 37.0. The van der Waals surface area contributed by atoms with Gasteiger partial charge >= 0.3 is 12.1 Å². The molecule has 20 heavy (non-hydrogen) atoms. The molecule has 0 saturated carbocycles. The number of carbonyl (C=O) groups is 1. The topological polar surface area (TPSA) is 40.5 Å². The van der Waals surface area contributed by atoms with Crippen LogP contribution in [0.3, 0.4) is 0 Å². The van der Waals surface area contributed by atoms with Gasteiger partial charge in [-0.1, -0.05) is 12.1 Å². The summed E-state index contributed by atoms with van der Waals surface area (Å²) in [6.07, 6.45) is -4.30. The molecule has 1 aromatic carbocycles. The minimum Gasteiger partial charge on any atom is -0.478 e. The van der Waals surface area contributed by atoms with Crippen LogP contribution in [0.2, 0.25) is 0 Å². The maximum absolute atomic E-state index is 12.3. The highest BCUT2D eigenvalue weighted by molar-refractivity contribution is 5.87. The molecule has 0 radical (unpaired) electrons. The van der Waals surface area contributed by atoms with Crippen molar-refractivity contribution in [1.29, 1.82) is 0 Å². The fourth-order valence-electron chi connectivity index (χ4n) is 2.61. The molecule has 1 N–H and O–H groups in total. The molecular formula is C14H16F3NO2. The van der Waals surface area contributed by atoms with Crippen LogP contribution < -0.4 is 0 Å². The Morgan fingerprint density at radius 2 is 2.15 bits per heavy atom. The highest BCUT2D eigenvalue weighted by Crippen LogP contribution is 2.30. The van der Waals surface area contributed by atoms with Gasteiger partial charge in [-0.25, -0.2) is 4.79 Å². The van der Waals surface area contributed by atoms with Crippen molar-refractivity contribution in [2.45, 2.75) is 25.6 Å². The molecule has 2 rings (SSSR count). The van der Waals surface area contributed by atoms with Gasteiger partial charge in [0.1, 0.15) is 0 Å². The van der Waals surface area contributed by atoms with E-state index in [1.807, 2.05) is 4.90 Å². The average Bonchev–Trinajstić information content (AvgIpc) is 2.74. The first-order chi connectivity index (χ1) is 9.33. The maximum Gasteiger partial charge on any atom is 0.389 e. The third-order valence-corrected chi connectivity index (χ3v) is 3.47. The van der Waals surface area contributed by atoms with Crippen LogP contribution in [-0.4, -0.2) is 35.2 Å². The molecule has 1 heterocycles. The summed E-state index contributed by atoms with van der Waals surface area (Å²) in [5, 5.41) is 8.90. The van der Waals surface area contributed by atoms with E-state index in [-0.39, 0.29) is 11.5 Å². The number of carboxylic acid groups (broad SMARTS) is 1. The first-order valence-corrected chi connectivity index (χ1v) is 6.45. The van der Waals surface area contributed by atoms with Gasteiger partial charge in [-0.05, 0) is 36.6 Å². The lowest BCUT2D eigenvalue weighted by Gasteiger charge is -2.17. The molecule has 0 bridgehead atoms. The van der Waals surface area contributed by atoms with Gasteiger partial charge in [0.25, 0.3) is 0 Å². The summed E-state index contributed by atoms with van der Waals surface area (Å²) in [5.41, 5.74) is 1.02.